The maximum Gasteiger partial charge on any atom is 0.411 e. The molecule has 1 fully saturated rings. The van der Waals surface area contributed by atoms with E-state index in [-0.39, 0.29) is 11.7 Å². The van der Waals surface area contributed by atoms with Crippen molar-refractivity contribution in [2.24, 2.45) is 5.92 Å². The molecule has 2 atom stereocenters. The van der Waals surface area contributed by atoms with Crippen molar-refractivity contribution >= 4 is 11.9 Å². The predicted octanol–water partition coefficient (Wildman–Crippen LogP) is 1.77. The van der Waals surface area contributed by atoms with Gasteiger partial charge in [-0.1, -0.05) is 18.8 Å². The van der Waals surface area contributed by atoms with Gasteiger partial charge in [0.15, 0.2) is 11.8 Å². The van der Waals surface area contributed by atoms with Gasteiger partial charge in [0.05, 0.1) is 6.54 Å². The number of ketones is 1. The number of ether oxygens (including phenoxy) is 1. The van der Waals surface area contributed by atoms with E-state index in [9.17, 15) is 9.59 Å². The minimum Gasteiger partial charge on any atom is -0.444 e. The van der Waals surface area contributed by atoms with Crippen molar-refractivity contribution in [2.45, 2.75) is 45.8 Å². The number of carbonyl (C=O) groups excluding carboxylic acids is 2. The van der Waals surface area contributed by atoms with Crippen LogP contribution in [0.4, 0.5) is 4.79 Å². The molecule has 5 nitrogen and oxygen atoms in total. The summed E-state index contributed by atoms with van der Waals surface area (Å²) in [5, 5.41) is 0. The van der Waals surface area contributed by atoms with Gasteiger partial charge in [-0.2, -0.15) is 0 Å². The SMILES string of the molecule is CC1CCN(C(=O)OC(C)(C)C)C(C#CCN(C)C)C1=O. The standard InChI is InChI=1S/C16H26N2O3/c1-12-9-11-18(15(20)21-16(2,3)4)13(14(12)19)8-7-10-17(5)6/h12-13H,9-11H2,1-6H3. The van der Waals surface area contributed by atoms with Crippen molar-refractivity contribution in [3.63, 3.8) is 0 Å². The lowest BCUT2D eigenvalue weighted by Gasteiger charge is -2.35. The fourth-order valence-corrected chi connectivity index (χ4v) is 1.99. The average molecular weight is 294 g/mol. The number of rotatable bonds is 1. The van der Waals surface area contributed by atoms with E-state index >= 15 is 0 Å². The molecule has 5 heteroatoms. The molecule has 0 N–H and O–H groups in total. The van der Waals surface area contributed by atoms with E-state index in [0.717, 1.165) is 0 Å². The number of carbonyl (C=O) groups is 2. The quantitative estimate of drug-likeness (QED) is 0.692. The number of likely N-dealkylation sites (tertiary alicyclic amines) is 1. The van der Waals surface area contributed by atoms with E-state index < -0.39 is 17.7 Å². The highest BCUT2D eigenvalue weighted by Crippen LogP contribution is 2.21. The Labute approximate surface area is 127 Å². The number of amides is 1. The van der Waals surface area contributed by atoms with Crippen LogP contribution in [0.2, 0.25) is 0 Å². The Morgan fingerprint density at radius 3 is 2.57 bits per heavy atom. The molecule has 1 aliphatic heterocycles. The van der Waals surface area contributed by atoms with Gasteiger partial charge < -0.3 is 4.74 Å². The van der Waals surface area contributed by atoms with E-state index in [2.05, 4.69) is 11.8 Å². The Morgan fingerprint density at radius 1 is 1.43 bits per heavy atom. The normalized spacial score (nSPS) is 22.8. The summed E-state index contributed by atoms with van der Waals surface area (Å²) in [6.07, 6.45) is 0.191. The topological polar surface area (TPSA) is 49.9 Å². The van der Waals surface area contributed by atoms with Crippen molar-refractivity contribution < 1.29 is 14.3 Å². The molecule has 0 spiro atoms. The van der Waals surface area contributed by atoms with Crippen molar-refractivity contribution in [3.05, 3.63) is 0 Å². The summed E-state index contributed by atoms with van der Waals surface area (Å²) in [5.41, 5.74) is -0.579. The highest BCUT2D eigenvalue weighted by Gasteiger charge is 2.37. The van der Waals surface area contributed by atoms with Crippen LogP contribution in [-0.2, 0) is 9.53 Å². The summed E-state index contributed by atoms with van der Waals surface area (Å²) in [6, 6.07) is -0.691. The van der Waals surface area contributed by atoms with E-state index in [4.69, 9.17) is 4.74 Å². The van der Waals surface area contributed by atoms with Crippen LogP contribution in [0.1, 0.15) is 34.1 Å². The first-order valence-electron chi connectivity index (χ1n) is 7.28. The minimum atomic E-state index is -0.691. The molecule has 0 radical (unpaired) electrons. The van der Waals surface area contributed by atoms with Crippen LogP contribution in [0.3, 0.4) is 0 Å². The second-order valence-electron chi connectivity index (χ2n) is 6.73. The maximum atomic E-state index is 12.3. The molecule has 0 aromatic rings. The number of nitrogens with zero attached hydrogens (tertiary/aromatic N) is 2. The van der Waals surface area contributed by atoms with Crippen molar-refractivity contribution in [3.8, 4) is 11.8 Å². The van der Waals surface area contributed by atoms with Crippen molar-refractivity contribution in [1.82, 2.24) is 9.80 Å². The van der Waals surface area contributed by atoms with Gasteiger partial charge in [-0.25, -0.2) is 4.79 Å². The van der Waals surface area contributed by atoms with Gasteiger partial charge in [-0.05, 0) is 41.3 Å². The van der Waals surface area contributed by atoms with Crippen LogP contribution in [-0.4, -0.2) is 60.5 Å². The Kier molecular flexibility index (Phi) is 5.79. The lowest BCUT2D eigenvalue weighted by molar-refractivity contribution is -0.128. The molecular formula is C16H26N2O3. The molecule has 1 rings (SSSR count). The zero-order chi connectivity index (χ0) is 16.2. The second kappa shape index (κ2) is 6.95. The summed E-state index contributed by atoms with van der Waals surface area (Å²) in [7, 11) is 3.82. The molecule has 0 bridgehead atoms. The Bertz CT molecular complexity index is 454. The highest BCUT2D eigenvalue weighted by molar-refractivity contribution is 5.92. The summed E-state index contributed by atoms with van der Waals surface area (Å²) in [5.74, 6) is 5.82. The van der Waals surface area contributed by atoms with Crippen LogP contribution < -0.4 is 0 Å². The summed E-state index contributed by atoms with van der Waals surface area (Å²) < 4.78 is 5.38. The smallest absolute Gasteiger partial charge is 0.411 e. The molecule has 0 aromatic heterocycles. The first kappa shape index (κ1) is 17.5. The number of Topliss-reactive ketones (excluding diaryl/α,β-unsaturated/α-hetero) is 1. The molecule has 2 unspecified atom stereocenters. The van der Waals surface area contributed by atoms with E-state index in [1.54, 1.807) is 0 Å². The molecule has 21 heavy (non-hydrogen) atoms. The fraction of sp³-hybridized carbons (Fsp3) is 0.750. The first-order valence-corrected chi connectivity index (χ1v) is 7.28. The Morgan fingerprint density at radius 2 is 2.05 bits per heavy atom. The van der Waals surface area contributed by atoms with Crippen LogP contribution >= 0.6 is 0 Å². The molecule has 1 saturated heterocycles. The largest absolute Gasteiger partial charge is 0.444 e. The third-order valence-corrected chi connectivity index (χ3v) is 3.13. The molecule has 1 amide bonds. The summed E-state index contributed by atoms with van der Waals surface area (Å²) in [4.78, 5) is 27.9. The van der Waals surface area contributed by atoms with E-state index in [0.29, 0.717) is 19.5 Å². The van der Waals surface area contributed by atoms with E-state index in [1.165, 1.54) is 4.90 Å². The predicted molar refractivity (Wildman–Crippen MR) is 81.8 cm³/mol. The average Bonchev–Trinajstić information content (AvgIpc) is 2.31. The molecular weight excluding hydrogens is 268 g/mol. The van der Waals surface area contributed by atoms with Gasteiger partial charge in [0.1, 0.15) is 5.60 Å². The third-order valence-electron chi connectivity index (χ3n) is 3.13. The van der Waals surface area contributed by atoms with Crippen LogP contribution in [0, 0.1) is 17.8 Å². The van der Waals surface area contributed by atoms with Crippen molar-refractivity contribution in [2.75, 3.05) is 27.2 Å². The number of hydrogen-bond acceptors (Lipinski definition) is 4. The van der Waals surface area contributed by atoms with E-state index in [1.807, 2.05) is 46.7 Å². The minimum absolute atomic E-state index is 0.00151. The van der Waals surface area contributed by atoms with Gasteiger partial charge in [-0.15, -0.1) is 0 Å². The van der Waals surface area contributed by atoms with Crippen LogP contribution in [0.15, 0.2) is 0 Å². The van der Waals surface area contributed by atoms with Gasteiger partial charge in [0.2, 0.25) is 0 Å². The summed E-state index contributed by atoms with van der Waals surface area (Å²) in [6.45, 7) is 8.38. The Balaban J connectivity index is 2.90. The highest BCUT2D eigenvalue weighted by atomic mass is 16.6. The van der Waals surface area contributed by atoms with Crippen LogP contribution in [0.25, 0.3) is 0 Å². The molecule has 1 aliphatic rings. The monoisotopic (exact) mass is 294 g/mol. The third kappa shape index (κ3) is 5.39. The molecule has 0 saturated carbocycles. The lowest BCUT2D eigenvalue weighted by Crippen LogP contribution is -2.52. The maximum absolute atomic E-state index is 12.3. The first-order chi connectivity index (χ1) is 9.61. The van der Waals surface area contributed by atoms with Gasteiger partial charge >= 0.3 is 6.09 Å². The summed E-state index contributed by atoms with van der Waals surface area (Å²) >= 11 is 0. The number of piperidine rings is 1. The van der Waals surface area contributed by atoms with Crippen molar-refractivity contribution in [1.29, 1.82) is 0 Å². The second-order valence-corrected chi connectivity index (χ2v) is 6.73. The fourth-order valence-electron chi connectivity index (χ4n) is 1.99. The lowest BCUT2D eigenvalue weighted by atomic mass is 9.91. The number of hydrogen-bond donors (Lipinski definition) is 0. The molecule has 118 valence electrons. The molecule has 0 aliphatic carbocycles. The molecule has 0 aromatic carbocycles. The Hall–Kier alpha value is -1.54. The zero-order valence-electron chi connectivity index (χ0n) is 13.9. The van der Waals surface area contributed by atoms with Gasteiger partial charge in [0, 0.05) is 12.5 Å². The van der Waals surface area contributed by atoms with Gasteiger partial charge in [-0.3, -0.25) is 14.6 Å². The van der Waals surface area contributed by atoms with Crippen LogP contribution in [0.5, 0.6) is 0 Å². The van der Waals surface area contributed by atoms with Gasteiger partial charge in [0.25, 0.3) is 0 Å². The molecule has 1 heterocycles. The zero-order valence-corrected chi connectivity index (χ0v) is 13.9.